The van der Waals surface area contributed by atoms with Gasteiger partial charge >= 0.3 is 0 Å². The molecule has 0 unspecified atom stereocenters. The minimum atomic E-state index is -3.55. The fourth-order valence-corrected chi connectivity index (χ4v) is 4.91. The molecule has 1 aliphatic rings. The van der Waals surface area contributed by atoms with E-state index in [1.165, 1.54) is 0 Å². The molecule has 0 bridgehead atoms. The van der Waals surface area contributed by atoms with E-state index >= 15 is 0 Å². The predicted molar refractivity (Wildman–Crippen MR) is 120 cm³/mol. The number of benzene rings is 2. The van der Waals surface area contributed by atoms with Crippen LogP contribution in [0.5, 0.6) is 5.75 Å². The Morgan fingerprint density at radius 3 is 2.84 bits per heavy atom. The van der Waals surface area contributed by atoms with Gasteiger partial charge in [0.1, 0.15) is 5.75 Å². The van der Waals surface area contributed by atoms with E-state index in [0.717, 1.165) is 16.7 Å². The third-order valence-corrected chi connectivity index (χ3v) is 6.60. The average Bonchev–Trinajstić information content (AvgIpc) is 3.37. The van der Waals surface area contributed by atoms with Gasteiger partial charge in [0.25, 0.3) is 5.89 Å². The van der Waals surface area contributed by atoms with E-state index in [2.05, 4.69) is 14.9 Å². The van der Waals surface area contributed by atoms with Crippen molar-refractivity contribution in [2.45, 2.75) is 38.8 Å². The fraction of sp³-hybridized carbons (Fsp3) is 0.364. The molecular weight excluding hydrogens is 432 g/mol. The number of nitrogens with two attached hydrogens (primary N) is 1. The molecule has 10 heteroatoms. The van der Waals surface area contributed by atoms with E-state index in [4.69, 9.17) is 20.1 Å². The van der Waals surface area contributed by atoms with Crippen LogP contribution in [0.1, 0.15) is 37.4 Å². The number of rotatable bonds is 8. The van der Waals surface area contributed by atoms with E-state index in [0.29, 0.717) is 41.6 Å². The molecule has 1 aromatic heterocycles. The molecule has 0 amide bonds. The van der Waals surface area contributed by atoms with Crippen molar-refractivity contribution < 1.29 is 22.8 Å². The summed E-state index contributed by atoms with van der Waals surface area (Å²) in [5.41, 5.74) is 9.93. The van der Waals surface area contributed by atoms with Crippen LogP contribution in [-0.2, 0) is 16.4 Å². The van der Waals surface area contributed by atoms with E-state index < -0.39 is 16.6 Å². The lowest BCUT2D eigenvalue weighted by Crippen LogP contribution is -2.30. The van der Waals surface area contributed by atoms with Gasteiger partial charge in [0, 0.05) is 17.2 Å². The second kappa shape index (κ2) is 8.89. The van der Waals surface area contributed by atoms with Crippen molar-refractivity contribution in [1.29, 1.82) is 0 Å². The molecule has 3 aromatic rings. The van der Waals surface area contributed by atoms with Gasteiger partial charge in [0.15, 0.2) is 0 Å². The van der Waals surface area contributed by atoms with Crippen molar-refractivity contribution >= 4 is 15.7 Å². The number of nitrogens with one attached hydrogen (secondary N) is 1. The van der Waals surface area contributed by atoms with Crippen molar-refractivity contribution in [2.24, 2.45) is 0 Å². The van der Waals surface area contributed by atoms with Crippen LogP contribution in [0.3, 0.4) is 0 Å². The smallest absolute Gasteiger partial charge is 0.258 e. The first-order valence-corrected chi connectivity index (χ1v) is 12.1. The molecule has 1 atom stereocenters. The molecule has 4 rings (SSSR count). The van der Waals surface area contributed by atoms with Gasteiger partial charge in [-0.15, -0.1) is 0 Å². The Bertz CT molecular complexity index is 1220. The number of aliphatic hydroxyl groups is 1. The lowest BCUT2D eigenvalue weighted by molar-refractivity contribution is 0.244. The first-order valence-electron chi connectivity index (χ1n) is 10.4. The topological polar surface area (TPSA) is 141 Å². The summed E-state index contributed by atoms with van der Waals surface area (Å²) in [6.45, 7) is 3.44. The molecule has 0 spiro atoms. The maximum absolute atomic E-state index is 12.1. The number of sulfonamides is 1. The first kappa shape index (κ1) is 22.3. The molecule has 32 heavy (non-hydrogen) atoms. The summed E-state index contributed by atoms with van der Waals surface area (Å²) in [5, 5.41) is 13.1. The Morgan fingerprint density at radius 2 is 2.12 bits per heavy atom. The van der Waals surface area contributed by atoms with Crippen LogP contribution in [0.2, 0.25) is 0 Å². The number of nitrogens with zero attached hydrogens (tertiary/aromatic N) is 2. The maximum Gasteiger partial charge on any atom is 0.258 e. The van der Waals surface area contributed by atoms with E-state index in [1.807, 2.05) is 38.1 Å². The van der Waals surface area contributed by atoms with Gasteiger partial charge < -0.3 is 20.1 Å². The zero-order valence-corrected chi connectivity index (χ0v) is 18.7. The van der Waals surface area contributed by atoms with Crippen LogP contribution in [-0.4, -0.2) is 42.1 Å². The predicted octanol–water partition coefficient (Wildman–Crippen LogP) is 2.67. The van der Waals surface area contributed by atoms with Gasteiger partial charge in [-0.05, 0) is 56.0 Å². The Labute approximate surface area is 186 Å². The monoisotopic (exact) mass is 458 g/mol. The number of ether oxygens (including phenoxy) is 1. The molecule has 0 fully saturated rings. The zero-order valence-electron chi connectivity index (χ0n) is 17.9. The van der Waals surface area contributed by atoms with Crippen molar-refractivity contribution in [3.05, 3.63) is 47.5 Å². The molecule has 0 radical (unpaired) electrons. The minimum absolute atomic E-state index is 0.00951. The molecule has 0 saturated carbocycles. The number of fused-ring (bicyclic) bond motifs is 1. The molecule has 170 valence electrons. The fourth-order valence-electron chi connectivity index (χ4n) is 3.87. The first-order chi connectivity index (χ1) is 15.3. The van der Waals surface area contributed by atoms with Crippen molar-refractivity contribution in [1.82, 2.24) is 14.9 Å². The van der Waals surface area contributed by atoms with Crippen molar-refractivity contribution in [2.75, 3.05) is 18.1 Å². The summed E-state index contributed by atoms with van der Waals surface area (Å²) in [4.78, 5) is 4.54. The number of nitrogen functional groups attached to an aromatic ring is 1. The largest absolute Gasteiger partial charge is 0.489 e. The maximum atomic E-state index is 12.1. The Morgan fingerprint density at radius 1 is 1.31 bits per heavy atom. The lowest BCUT2D eigenvalue weighted by Gasteiger charge is -2.14. The minimum Gasteiger partial charge on any atom is -0.489 e. The summed E-state index contributed by atoms with van der Waals surface area (Å²) >= 11 is 0. The Hall–Kier alpha value is -2.95. The molecular formula is C22H26N4O5S. The SMILES string of the molecule is CC(C)Oc1ccc(-c2nc(-c3cccc4c3CC[C@@H]4NS(=O)(=O)CCO)no2)cc1N. The Balaban J connectivity index is 1.60. The summed E-state index contributed by atoms with van der Waals surface area (Å²) in [6.07, 6.45) is 1.31. The van der Waals surface area contributed by atoms with Gasteiger partial charge in [0.05, 0.1) is 24.2 Å². The van der Waals surface area contributed by atoms with Gasteiger partial charge in [0.2, 0.25) is 15.8 Å². The highest BCUT2D eigenvalue weighted by Gasteiger charge is 2.29. The van der Waals surface area contributed by atoms with Gasteiger partial charge in [-0.1, -0.05) is 23.4 Å². The molecule has 0 saturated heterocycles. The van der Waals surface area contributed by atoms with Crippen molar-refractivity contribution in [3.8, 4) is 28.6 Å². The summed E-state index contributed by atoms with van der Waals surface area (Å²) in [7, 11) is -3.55. The number of aromatic nitrogens is 2. The molecule has 0 aliphatic heterocycles. The quantitative estimate of drug-likeness (QED) is 0.438. The Kier molecular flexibility index (Phi) is 6.18. The number of aliphatic hydroxyl groups excluding tert-OH is 1. The highest BCUT2D eigenvalue weighted by molar-refractivity contribution is 7.89. The molecule has 2 aromatic carbocycles. The molecule has 4 N–H and O–H groups in total. The third kappa shape index (κ3) is 4.62. The lowest BCUT2D eigenvalue weighted by atomic mass is 10.0. The van der Waals surface area contributed by atoms with Crippen LogP contribution in [0.25, 0.3) is 22.8 Å². The summed E-state index contributed by atoms with van der Waals surface area (Å²) < 4.78 is 38.0. The number of hydrogen-bond donors (Lipinski definition) is 3. The standard InChI is InChI=1S/C22H26N4O5S/c1-13(2)30-20-9-6-14(12-18(20)23)22-24-21(25-31-22)17-5-3-4-16-15(17)7-8-19(16)26-32(28,29)11-10-27/h3-6,9,12-13,19,26-27H,7-8,10-11,23H2,1-2H3/t19-/m0/s1. The number of hydrogen-bond acceptors (Lipinski definition) is 8. The van der Waals surface area contributed by atoms with E-state index in [-0.39, 0.29) is 17.9 Å². The van der Waals surface area contributed by atoms with Crippen LogP contribution < -0.4 is 15.2 Å². The number of anilines is 1. The van der Waals surface area contributed by atoms with Crippen LogP contribution in [0, 0.1) is 0 Å². The van der Waals surface area contributed by atoms with Crippen LogP contribution >= 0.6 is 0 Å². The van der Waals surface area contributed by atoms with Gasteiger partial charge in [-0.3, -0.25) is 0 Å². The summed E-state index contributed by atoms with van der Waals surface area (Å²) in [6, 6.07) is 10.6. The van der Waals surface area contributed by atoms with Crippen LogP contribution in [0.4, 0.5) is 5.69 Å². The molecule has 1 heterocycles. The summed E-state index contributed by atoms with van der Waals surface area (Å²) in [5.74, 6) is 1.03. The van der Waals surface area contributed by atoms with Gasteiger partial charge in [-0.2, -0.15) is 4.98 Å². The second-order valence-corrected chi connectivity index (χ2v) is 9.84. The average molecular weight is 459 g/mol. The van der Waals surface area contributed by atoms with Crippen molar-refractivity contribution in [3.63, 3.8) is 0 Å². The van der Waals surface area contributed by atoms with E-state index in [9.17, 15) is 8.42 Å². The second-order valence-electron chi connectivity index (χ2n) is 7.97. The van der Waals surface area contributed by atoms with Crippen LogP contribution in [0.15, 0.2) is 40.9 Å². The molecule has 9 nitrogen and oxygen atoms in total. The van der Waals surface area contributed by atoms with Gasteiger partial charge in [-0.25, -0.2) is 13.1 Å². The highest BCUT2D eigenvalue weighted by Crippen LogP contribution is 2.38. The molecule has 1 aliphatic carbocycles. The zero-order chi connectivity index (χ0) is 22.9. The normalized spacial score (nSPS) is 15.8. The van der Waals surface area contributed by atoms with E-state index in [1.54, 1.807) is 12.1 Å². The highest BCUT2D eigenvalue weighted by atomic mass is 32.2. The third-order valence-electron chi connectivity index (χ3n) is 5.24.